The summed E-state index contributed by atoms with van der Waals surface area (Å²) in [7, 11) is 1.73. The number of rotatable bonds is 4. The fraction of sp³-hybridized carbons (Fsp3) is 0.429. The molecule has 1 aliphatic heterocycles. The van der Waals surface area contributed by atoms with Crippen LogP contribution in [-0.4, -0.2) is 50.6 Å². The summed E-state index contributed by atoms with van der Waals surface area (Å²) >= 11 is 0. The first kappa shape index (κ1) is 19.2. The summed E-state index contributed by atoms with van der Waals surface area (Å²) in [6.07, 6.45) is 3.15. The molecule has 3 aromatic rings. The van der Waals surface area contributed by atoms with Crippen molar-refractivity contribution in [1.82, 2.24) is 25.0 Å². The van der Waals surface area contributed by atoms with Gasteiger partial charge in [0.05, 0.1) is 0 Å². The van der Waals surface area contributed by atoms with Crippen LogP contribution < -0.4 is 5.32 Å². The molecule has 8 heteroatoms. The minimum Gasteiger partial charge on any atom is -0.451 e. The van der Waals surface area contributed by atoms with Gasteiger partial charge in [-0.05, 0) is 38.7 Å². The third-order valence-electron chi connectivity index (χ3n) is 5.73. The zero-order chi connectivity index (χ0) is 20.5. The molecule has 4 rings (SSSR count). The summed E-state index contributed by atoms with van der Waals surface area (Å²) in [5.41, 5.74) is 1.62. The van der Waals surface area contributed by atoms with Gasteiger partial charge in [-0.25, -0.2) is 4.98 Å². The van der Waals surface area contributed by atoms with Gasteiger partial charge in [0.2, 0.25) is 5.82 Å². The van der Waals surface area contributed by atoms with Crippen LogP contribution in [0.15, 0.2) is 35.0 Å². The summed E-state index contributed by atoms with van der Waals surface area (Å²) in [5, 5.41) is 7.99. The number of nitrogens with one attached hydrogen (secondary N) is 1. The first-order valence-electron chi connectivity index (χ1n) is 9.88. The second-order valence-corrected chi connectivity index (χ2v) is 7.69. The Kier molecular flexibility index (Phi) is 5.08. The van der Waals surface area contributed by atoms with E-state index in [4.69, 9.17) is 4.42 Å². The Hall–Kier alpha value is -3.16. The van der Waals surface area contributed by atoms with E-state index in [1.54, 1.807) is 7.05 Å². The standard InChI is InChI=1S/C21H25N5O3/c1-13-16-6-4-5-7-17(16)29-18(13)21(28)26-10-8-15(9-11-26)14(2)23-20(27)19-22-12-25(3)24-19/h4-7,12,14-15H,8-11H2,1-3H3,(H,23,27). The zero-order valence-corrected chi connectivity index (χ0v) is 16.9. The highest BCUT2D eigenvalue weighted by molar-refractivity contribution is 5.99. The van der Waals surface area contributed by atoms with E-state index in [1.807, 2.05) is 43.0 Å². The molecule has 0 aliphatic carbocycles. The van der Waals surface area contributed by atoms with E-state index < -0.39 is 0 Å². The summed E-state index contributed by atoms with van der Waals surface area (Å²) in [5.74, 6) is 0.559. The molecule has 1 aromatic carbocycles. The topological polar surface area (TPSA) is 93.3 Å². The average molecular weight is 395 g/mol. The summed E-state index contributed by atoms with van der Waals surface area (Å²) < 4.78 is 7.33. The van der Waals surface area contributed by atoms with Crippen LogP contribution in [0, 0.1) is 12.8 Å². The molecular formula is C21H25N5O3. The number of likely N-dealkylation sites (tertiary alicyclic amines) is 1. The van der Waals surface area contributed by atoms with Gasteiger partial charge in [-0.15, -0.1) is 5.10 Å². The Morgan fingerprint density at radius 2 is 1.97 bits per heavy atom. The van der Waals surface area contributed by atoms with E-state index in [0.29, 0.717) is 24.8 Å². The number of nitrogens with zero attached hydrogens (tertiary/aromatic N) is 4. The molecule has 0 bridgehead atoms. The Balaban J connectivity index is 1.36. The van der Waals surface area contributed by atoms with Crippen molar-refractivity contribution in [2.24, 2.45) is 13.0 Å². The summed E-state index contributed by atoms with van der Waals surface area (Å²) in [4.78, 5) is 31.1. The lowest BCUT2D eigenvalue weighted by atomic mass is 9.90. The smallest absolute Gasteiger partial charge is 0.291 e. The average Bonchev–Trinajstić information content (AvgIpc) is 3.31. The molecule has 2 aromatic heterocycles. The Morgan fingerprint density at radius 1 is 1.24 bits per heavy atom. The van der Waals surface area contributed by atoms with Crippen molar-refractivity contribution in [3.63, 3.8) is 0 Å². The molecule has 1 fully saturated rings. The molecule has 0 radical (unpaired) electrons. The maximum Gasteiger partial charge on any atom is 0.291 e. The van der Waals surface area contributed by atoms with Crippen LogP contribution >= 0.6 is 0 Å². The number of para-hydroxylation sites is 1. The lowest BCUT2D eigenvalue weighted by Gasteiger charge is -2.34. The quantitative estimate of drug-likeness (QED) is 0.733. The first-order valence-corrected chi connectivity index (χ1v) is 9.88. The van der Waals surface area contributed by atoms with E-state index >= 15 is 0 Å². The van der Waals surface area contributed by atoms with Crippen LogP contribution in [0.5, 0.6) is 0 Å². The van der Waals surface area contributed by atoms with Crippen molar-refractivity contribution in [3.05, 3.63) is 47.7 Å². The molecular weight excluding hydrogens is 370 g/mol. The second-order valence-electron chi connectivity index (χ2n) is 7.69. The number of amides is 2. The Morgan fingerprint density at radius 3 is 2.62 bits per heavy atom. The zero-order valence-electron chi connectivity index (χ0n) is 16.9. The molecule has 0 saturated carbocycles. The maximum atomic E-state index is 13.0. The van der Waals surface area contributed by atoms with Crippen LogP contribution in [0.2, 0.25) is 0 Å². The number of aromatic nitrogens is 3. The highest BCUT2D eigenvalue weighted by Gasteiger charge is 2.30. The molecule has 1 atom stereocenters. The number of aryl methyl sites for hydroxylation is 2. The SMILES string of the molecule is Cc1c(C(=O)N2CCC(C(C)NC(=O)c3ncn(C)n3)CC2)oc2ccccc12. The van der Waals surface area contributed by atoms with E-state index in [9.17, 15) is 9.59 Å². The van der Waals surface area contributed by atoms with Gasteiger partial charge < -0.3 is 14.6 Å². The third kappa shape index (κ3) is 3.74. The molecule has 1 N–H and O–H groups in total. The molecule has 29 heavy (non-hydrogen) atoms. The highest BCUT2D eigenvalue weighted by Crippen LogP contribution is 2.28. The van der Waals surface area contributed by atoms with Crippen molar-refractivity contribution in [1.29, 1.82) is 0 Å². The number of carbonyl (C=O) groups is 2. The van der Waals surface area contributed by atoms with Crippen molar-refractivity contribution in [2.75, 3.05) is 13.1 Å². The summed E-state index contributed by atoms with van der Waals surface area (Å²) in [6, 6.07) is 7.68. The number of benzene rings is 1. The van der Waals surface area contributed by atoms with Crippen LogP contribution in [0.4, 0.5) is 0 Å². The van der Waals surface area contributed by atoms with Crippen LogP contribution in [0.25, 0.3) is 11.0 Å². The van der Waals surface area contributed by atoms with Gasteiger partial charge in [-0.2, -0.15) is 0 Å². The molecule has 1 saturated heterocycles. The van der Waals surface area contributed by atoms with Crippen LogP contribution in [0.1, 0.15) is 46.5 Å². The van der Waals surface area contributed by atoms with Crippen molar-refractivity contribution < 1.29 is 14.0 Å². The predicted octanol–water partition coefficient (Wildman–Crippen LogP) is 2.54. The minimum absolute atomic E-state index is 0.0171. The molecule has 1 unspecified atom stereocenters. The van der Waals surface area contributed by atoms with E-state index in [1.165, 1.54) is 11.0 Å². The normalized spacial score (nSPS) is 16.2. The molecule has 1 aliphatic rings. The number of hydrogen-bond donors (Lipinski definition) is 1. The Labute approximate surface area is 168 Å². The highest BCUT2D eigenvalue weighted by atomic mass is 16.3. The molecule has 152 valence electrons. The van der Waals surface area contributed by atoms with Gasteiger partial charge in [0, 0.05) is 37.1 Å². The van der Waals surface area contributed by atoms with Gasteiger partial charge in [0.1, 0.15) is 11.9 Å². The van der Waals surface area contributed by atoms with Gasteiger partial charge in [0.15, 0.2) is 5.76 Å². The first-order chi connectivity index (χ1) is 13.9. The van der Waals surface area contributed by atoms with Gasteiger partial charge >= 0.3 is 0 Å². The lowest BCUT2D eigenvalue weighted by molar-refractivity contribution is 0.0634. The largest absolute Gasteiger partial charge is 0.451 e. The monoisotopic (exact) mass is 395 g/mol. The van der Waals surface area contributed by atoms with Crippen LogP contribution in [0.3, 0.4) is 0 Å². The molecule has 8 nitrogen and oxygen atoms in total. The summed E-state index contributed by atoms with van der Waals surface area (Å²) in [6.45, 7) is 5.20. The maximum absolute atomic E-state index is 13.0. The number of furan rings is 1. The van der Waals surface area contributed by atoms with Gasteiger partial charge in [0.25, 0.3) is 11.8 Å². The van der Waals surface area contributed by atoms with Crippen molar-refractivity contribution in [2.45, 2.75) is 32.7 Å². The van der Waals surface area contributed by atoms with E-state index in [-0.39, 0.29) is 23.7 Å². The fourth-order valence-electron chi connectivity index (χ4n) is 3.96. The number of piperidine rings is 1. The van der Waals surface area contributed by atoms with Crippen molar-refractivity contribution >= 4 is 22.8 Å². The van der Waals surface area contributed by atoms with Gasteiger partial charge in [-0.1, -0.05) is 18.2 Å². The lowest BCUT2D eigenvalue weighted by Crippen LogP contribution is -2.45. The van der Waals surface area contributed by atoms with Gasteiger partial charge in [-0.3, -0.25) is 14.3 Å². The molecule has 2 amide bonds. The number of carbonyl (C=O) groups excluding carboxylic acids is 2. The minimum atomic E-state index is -0.269. The Bertz CT molecular complexity index is 1050. The fourth-order valence-corrected chi connectivity index (χ4v) is 3.96. The number of hydrogen-bond acceptors (Lipinski definition) is 5. The van der Waals surface area contributed by atoms with Crippen LogP contribution in [-0.2, 0) is 7.05 Å². The molecule has 3 heterocycles. The number of fused-ring (bicyclic) bond motifs is 1. The van der Waals surface area contributed by atoms with E-state index in [0.717, 1.165) is 29.4 Å². The third-order valence-corrected chi connectivity index (χ3v) is 5.73. The predicted molar refractivity (Wildman–Crippen MR) is 108 cm³/mol. The van der Waals surface area contributed by atoms with Crippen molar-refractivity contribution in [3.8, 4) is 0 Å². The van der Waals surface area contributed by atoms with E-state index in [2.05, 4.69) is 15.4 Å². The molecule has 0 spiro atoms. The second kappa shape index (κ2) is 7.69.